The largest absolute Gasteiger partial charge is 0.425 e. The Balaban J connectivity index is 2.26. The zero-order chi connectivity index (χ0) is 22.2. The Hall–Kier alpha value is -1.99. The number of amides is 2. The number of carbonyl (C=O) groups is 2. The Bertz CT molecular complexity index is 984. The highest BCUT2D eigenvalue weighted by molar-refractivity contribution is 8.09. The van der Waals surface area contributed by atoms with Gasteiger partial charge in [-0.1, -0.05) is 17.8 Å². The molecule has 2 amide bonds. The van der Waals surface area contributed by atoms with Gasteiger partial charge in [0.1, 0.15) is 0 Å². The Morgan fingerprint density at radius 2 is 1.79 bits per heavy atom. The number of benzene rings is 1. The second kappa shape index (κ2) is 8.03. The maximum absolute atomic E-state index is 12.6. The number of carbonyl (C=O) groups excluding carboxylic acids is 2. The van der Waals surface area contributed by atoms with Crippen molar-refractivity contribution < 1.29 is 31.2 Å². The van der Waals surface area contributed by atoms with Crippen LogP contribution in [-0.2, 0) is 29.6 Å². The maximum Gasteiger partial charge on any atom is 0.409 e. The lowest BCUT2D eigenvalue weighted by Crippen LogP contribution is -2.43. The Kier molecular flexibility index (Phi) is 6.45. The van der Waals surface area contributed by atoms with Gasteiger partial charge in [0.25, 0.3) is 5.91 Å². The molecule has 2 rings (SSSR count). The van der Waals surface area contributed by atoms with E-state index in [4.69, 9.17) is 4.74 Å². The van der Waals surface area contributed by atoms with E-state index in [0.29, 0.717) is 3.71 Å². The molecule has 0 aliphatic carbocycles. The van der Waals surface area contributed by atoms with E-state index in [1.807, 2.05) is 0 Å². The van der Waals surface area contributed by atoms with E-state index >= 15 is 0 Å². The summed E-state index contributed by atoms with van der Waals surface area (Å²) in [5.41, 5.74) is -1.44. The van der Waals surface area contributed by atoms with Gasteiger partial charge in [-0.2, -0.15) is 3.71 Å². The lowest BCUT2D eigenvalue weighted by Gasteiger charge is -2.23. The van der Waals surface area contributed by atoms with Gasteiger partial charge < -0.3 is 10.1 Å². The number of rotatable bonds is 5. The van der Waals surface area contributed by atoms with E-state index in [-0.39, 0.29) is 17.3 Å². The van der Waals surface area contributed by atoms with Crippen molar-refractivity contribution in [1.82, 2.24) is 5.32 Å². The first kappa shape index (κ1) is 23.3. The maximum atomic E-state index is 12.6. The Labute approximate surface area is 174 Å². The average Bonchev–Trinajstić information content (AvgIpc) is 2.83. The number of thioether (sulfide) groups is 1. The van der Waals surface area contributed by atoms with E-state index in [2.05, 4.69) is 5.32 Å². The van der Waals surface area contributed by atoms with Crippen molar-refractivity contribution in [1.29, 1.82) is 0 Å². The van der Waals surface area contributed by atoms with Gasteiger partial charge in [-0.05, 0) is 39.0 Å². The first-order valence-electron chi connectivity index (χ1n) is 8.32. The average molecular weight is 466 g/mol. The molecule has 1 atom stereocenters. The summed E-state index contributed by atoms with van der Waals surface area (Å²) in [6.07, 6.45) is 0.809. The van der Waals surface area contributed by atoms with E-state index in [1.165, 1.54) is 29.2 Å². The van der Waals surface area contributed by atoms with Crippen LogP contribution >= 0.6 is 11.8 Å². The fourth-order valence-electron chi connectivity index (χ4n) is 2.53. The van der Waals surface area contributed by atoms with Crippen LogP contribution in [0.2, 0.25) is 0 Å². The smallest absolute Gasteiger partial charge is 0.409 e. The van der Waals surface area contributed by atoms with Crippen molar-refractivity contribution in [2.45, 2.75) is 31.7 Å². The molecule has 0 bridgehead atoms. The number of hydrogen-bond acceptors (Lipinski definition) is 8. The van der Waals surface area contributed by atoms with E-state index < -0.39 is 43.0 Å². The van der Waals surface area contributed by atoms with Crippen LogP contribution < -0.4 is 13.9 Å². The van der Waals surface area contributed by atoms with Crippen LogP contribution in [0.15, 0.2) is 24.3 Å². The van der Waals surface area contributed by atoms with Gasteiger partial charge >= 0.3 is 6.09 Å². The standard InChI is InChI=1S/C16H23N3O7S3/c1-16(2,3)17-15(21)26-14-13(20)18(10-27-14)11-7-6-8-12(9-11)19(28(4,22)23)29(5,24)25/h6-9,14H,10H2,1-5H3,(H,17,21). The molecule has 1 heterocycles. The Morgan fingerprint density at radius 1 is 1.21 bits per heavy atom. The summed E-state index contributed by atoms with van der Waals surface area (Å²) < 4.78 is 53.3. The number of nitrogens with zero attached hydrogens (tertiary/aromatic N) is 2. The summed E-state index contributed by atoms with van der Waals surface area (Å²) in [5.74, 6) is -0.366. The monoisotopic (exact) mass is 465 g/mol. The topological polar surface area (TPSA) is 130 Å². The molecule has 1 aromatic rings. The molecule has 1 unspecified atom stereocenters. The van der Waals surface area contributed by atoms with Crippen molar-refractivity contribution >= 4 is 55.2 Å². The zero-order valence-electron chi connectivity index (χ0n) is 16.6. The van der Waals surface area contributed by atoms with Crippen molar-refractivity contribution in [3.8, 4) is 0 Å². The van der Waals surface area contributed by atoms with Crippen LogP contribution in [0.4, 0.5) is 16.2 Å². The third kappa shape index (κ3) is 6.00. The van der Waals surface area contributed by atoms with Crippen LogP contribution in [0.1, 0.15) is 20.8 Å². The third-order valence-corrected chi connectivity index (χ3v) is 7.73. The molecule has 1 N–H and O–H groups in total. The summed E-state index contributed by atoms with van der Waals surface area (Å²) in [6.45, 7) is 5.31. The summed E-state index contributed by atoms with van der Waals surface area (Å²) >= 11 is 1.08. The number of alkyl carbamates (subject to hydrolysis) is 1. The van der Waals surface area contributed by atoms with Crippen LogP contribution in [0.25, 0.3) is 0 Å². The molecule has 162 valence electrons. The third-order valence-electron chi connectivity index (χ3n) is 3.47. The van der Waals surface area contributed by atoms with Gasteiger partial charge in [-0.3, -0.25) is 9.69 Å². The fourth-order valence-corrected chi connectivity index (χ4v) is 6.47. The first-order valence-corrected chi connectivity index (χ1v) is 13.1. The van der Waals surface area contributed by atoms with Crippen LogP contribution in [-0.4, -0.2) is 58.2 Å². The number of hydrogen-bond donors (Lipinski definition) is 1. The predicted octanol–water partition coefficient (Wildman–Crippen LogP) is 1.30. The predicted molar refractivity (Wildman–Crippen MR) is 112 cm³/mol. The first-order chi connectivity index (χ1) is 13.1. The van der Waals surface area contributed by atoms with Gasteiger partial charge in [0.05, 0.1) is 24.1 Å². The highest BCUT2D eigenvalue weighted by atomic mass is 32.3. The molecule has 1 aromatic carbocycles. The summed E-state index contributed by atoms with van der Waals surface area (Å²) in [5, 5.41) is 2.59. The van der Waals surface area contributed by atoms with Gasteiger partial charge in [0.2, 0.25) is 25.5 Å². The minimum Gasteiger partial charge on any atom is -0.425 e. The fraction of sp³-hybridized carbons (Fsp3) is 0.500. The second-order valence-electron chi connectivity index (χ2n) is 7.42. The minimum atomic E-state index is -4.11. The molecule has 1 aliphatic heterocycles. The molecule has 29 heavy (non-hydrogen) atoms. The normalized spacial score (nSPS) is 17.9. The second-order valence-corrected chi connectivity index (χ2v) is 12.3. The molecule has 13 heteroatoms. The molecule has 1 saturated heterocycles. The van der Waals surface area contributed by atoms with Gasteiger partial charge in [0.15, 0.2) is 0 Å². The van der Waals surface area contributed by atoms with Crippen molar-refractivity contribution in [2.24, 2.45) is 0 Å². The quantitative estimate of drug-likeness (QED) is 0.689. The van der Waals surface area contributed by atoms with Crippen molar-refractivity contribution in [3.05, 3.63) is 24.3 Å². The van der Waals surface area contributed by atoms with E-state index in [9.17, 15) is 26.4 Å². The van der Waals surface area contributed by atoms with Gasteiger partial charge in [-0.15, -0.1) is 0 Å². The highest BCUT2D eigenvalue weighted by Crippen LogP contribution is 2.33. The molecule has 0 aromatic heterocycles. The van der Waals surface area contributed by atoms with Crippen LogP contribution in [0.3, 0.4) is 0 Å². The number of ether oxygens (including phenoxy) is 1. The zero-order valence-corrected chi connectivity index (χ0v) is 19.0. The van der Waals surface area contributed by atoms with Crippen molar-refractivity contribution in [3.63, 3.8) is 0 Å². The lowest BCUT2D eigenvalue weighted by atomic mass is 10.1. The molecule has 0 spiro atoms. The molecule has 1 aliphatic rings. The molecule has 10 nitrogen and oxygen atoms in total. The van der Waals surface area contributed by atoms with E-state index in [1.54, 1.807) is 20.8 Å². The molecule has 0 radical (unpaired) electrons. The van der Waals surface area contributed by atoms with Gasteiger partial charge in [-0.25, -0.2) is 21.6 Å². The number of anilines is 2. The summed E-state index contributed by atoms with van der Waals surface area (Å²) in [7, 11) is -8.23. The van der Waals surface area contributed by atoms with Gasteiger partial charge in [0, 0.05) is 11.2 Å². The van der Waals surface area contributed by atoms with Crippen molar-refractivity contribution in [2.75, 3.05) is 27.0 Å². The summed E-state index contributed by atoms with van der Waals surface area (Å²) in [6, 6.07) is 5.55. The number of nitrogens with one attached hydrogen (secondary N) is 1. The SMILES string of the molecule is CC(C)(C)NC(=O)OC1SCN(c2cccc(N(S(C)(=O)=O)S(C)(=O)=O)c2)C1=O. The van der Waals surface area contributed by atoms with E-state index in [0.717, 1.165) is 24.3 Å². The Morgan fingerprint density at radius 3 is 2.31 bits per heavy atom. The highest BCUT2D eigenvalue weighted by Gasteiger charge is 2.37. The molecule has 0 saturated carbocycles. The molecular weight excluding hydrogens is 442 g/mol. The van der Waals surface area contributed by atoms with Crippen LogP contribution in [0, 0.1) is 0 Å². The lowest BCUT2D eigenvalue weighted by molar-refractivity contribution is -0.122. The minimum absolute atomic E-state index is 0.125. The van der Waals surface area contributed by atoms with Crippen LogP contribution in [0.5, 0.6) is 0 Å². The number of sulfonamides is 2. The molecule has 1 fully saturated rings. The molecular formula is C16H23N3O7S3. The summed E-state index contributed by atoms with van der Waals surface area (Å²) in [4.78, 5) is 25.8.